The maximum absolute atomic E-state index is 11.7. The first-order valence-electron chi connectivity index (χ1n) is 6.03. The van der Waals surface area contributed by atoms with Crippen LogP contribution in [0.15, 0.2) is 30.6 Å². The third kappa shape index (κ3) is 2.70. The van der Waals surface area contributed by atoms with Crippen molar-refractivity contribution < 1.29 is 9.53 Å². The molecule has 1 aromatic heterocycles. The molecule has 0 radical (unpaired) electrons. The standard InChI is InChI=1S/C12H13N5O2/c18-12(7-17-8-14-15-16-17)13-6-10-5-9-3-1-2-4-11(9)19-10/h1-4,8,10H,5-7H2,(H,13,18)/t10-/m0/s1. The molecule has 0 unspecified atom stereocenters. The lowest BCUT2D eigenvalue weighted by Crippen LogP contribution is -2.36. The molecule has 2 aromatic rings. The van der Waals surface area contributed by atoms with E-state index in [2.05, 4.69) is 20.8 Å². The van der Waals surface area contributed by atoms with Crippen LogP contribution in [0.4, 0.5) is 0 Å². The highest BCUT2D eigenvalue weighted by Gasteiger charge is 2.22. The Hall–Kier alpha value is -2.44. The van der Waals surface area contributed by atoms with Gasteiger partial charge in [-0.25, -0.2) is 4.68 Å². The predicted octanol–water partition coefficient (Wildman–Crippen LogP) is -0.207. The number of para-hydroxylation sites is 1. The zero-order valence-corrected chi connectivity index (χ0v) is 10.2. The minimum absolute atomic E-state index is 0.00442. The topological polar surface area (TPSA) is 81.9 Å². The normalized spacial score (nSPS) is 16.7. The van der Waals surface area contributed by atoms with Gasteiger partial charge >= 0.3 is 0 Å². The molecule has 0 saturated carbocycles. The summed E-state index contributed by atoms with van der Waals surface area (Å²) in [6, 6.07) is 7.91. The Labute approximate surface area is 109 Å². The summed E-state index contributed by atoms with van der Waals surface area (Å²) in [5.41, 5.74) is 1.18. The largest absolute Gasteiger partial charge is 0.488 e. The number of benzene rings is 1. The lowest BCUT2D eigenvalue weighted by atomic mass is 10.1. The third-order valence-electron chi connectivity index (χ3n) is 2.94. The molecule has 0 fully saturated rings. The van der Waals surface area contributed by atoms with Crippen molar-refractivity contribution in [1.29, 1.82) is 0 Å². The van der Waals surface area contributed by atoms with E-state index >= 15 is 0 Å². The molecule has 1 aromatic carbocycles. The van der Waals surface area contributed by atoms with Gasteiger partial charge in [0.1, 0.15) is 24.7 Å². The fourth-order valence-corrected chi connectivity index (χ4v) is 2.05. The number of nitrogens with one attached hydrogen (secondary N) is 1. The number of ether oxygens (including phenoxy) is 1. The van der Waals surface area contributed by atoms with Crippen LogP contribution in [0.3, 0.4) is 0 Å². The molecule has 0 bridgehead atoms. The summed E-state index contributed by atoms with van der Waals surface area (Å²) >= 11 is 0. The van der Waals surface area contributed by atoms with Crippen LogP contribution in [0.25, 0.3) is 0 Å². The predicted molar refractivity (Wildman–Crippen MR) is 65.4 cm³/mol. The summed E-state index contributed by atoms with van der Waals surface area (Å²) in [5.74, 6) is 0.772. The lowest BCUT2D eigenvalue weighted by Gasteiger charge is -2.11. The van der Waals surface area contributed by atoms with Crippen LogP contribution in [0.5, 0.6) is 5.75 Å². The summed E-state index contributed by atoms with van der Waals surface area (Å²) in [6.07, 6.45) is 2.22. The molecule has 0 spiro atoms. The molecular formula is C12H13N5O2. The Balaban J connectivity index is 1.48. The number of fused-ring (bicyclic) bond motifs is 1. The molecule has 1 amide bonds. The first-order chi connectivity index (χ1) is 9.31. The molecule has 7 nitrogen and oxygen atoms in total. The van der Waals surface area contributed by atoms with Gasteiger partial charge in [0.2, 0.25) is 5.91 Å². The van der Waals surface area contributed by atoms with Crippen molar-refractivity contribution in [2.24, 2.45) is 0 Å². The fourth-order valence-electron chi connectivity index (χ4n) is 2.05. The van der Waals surface area contributed by atoms with Crippen molar-refractivity contribution in [1.82, 2.24) is 25.5 Å². The van der Waals surface area contributed by atoms with Crippen molar-refractivity contribution in [3.8, 4) is 5.75 Å². The fraction of sp³-hybridized carbons (Fsp3) is 0.333. The summed E-state index contributed by atoms with van der Waals surface area (Å²) in [4.78, 5) is 11.7. The molecule has 7 heteroatoms. The number of carbonyl (C=O) groups is 1. The highest BCUT2D eigenvalue weighted by Crippen LogP contribution is 2.27. The zero-order valence-electron chi connectivity index (χ0n) is 10.2. The number of carbonyl (C=O) groups excluding carboxylic acids is 1. The van der Waals surface area contributed by atoms with E-state index < -0.39 is 0 Å². The SMILES string of the molecule is O=C(Cn1cnnn1)NC[C@@H]1Cc2ccccc2O1. The Morgan fingerprint density at radius 2 is 2.37 bits per heavy atom. The maximum atomic E-state index is 11.7. The van der Waals surface area contributed by atoms with E-state index in [4.69, 9.17) is 4.74 Å². The second-order valence-corrected chi connectivity index (χ2v) is 4.36. The molecule has 0 aliphatic carbocycles. The van der Waals surface area contributed by atoms with Crippen molar-refractivity contribution >= 4 is 5.91 Å². The van der Waals surface area contributed by atoms with Gasteiger partial charge in [-0.1, -0.05) is 18.2 Å². The Kier molecular flexibility index (Phi) is 3.09. The van der Waals surface area contributed by atoms with Gasteiger partial charge in [-0.2, -0.15) is 0 Å². The highest BCUT2D eigenvalue weighted by molar-refractivity contribution is 5.75. The zero-order chi connectivity index (χ0) is 13.1. The van der Waals surface area contributed by atoms with Crippen molar-refractivity contribution in [3.05, 3.63) is 36.2 Å². The van der Waals surface area contributed by atoms with E-state index in [0.717, 1.165) is 12.2 Å². The molecule has 0 saturated heterocycles. The Bertz CT molecular complexity index is 544. The Morgan fingerprint density at radius 1 is 1.47 bits per heavy atom. The minimum Gasteiger partial charge on any atom is -0.488 e. The number of rotatable bonds is 4. The second-order valence-electron chi connectivity index (χ2n) is 4.36. The van der Waals surface area contributed by atoms with Gasteiger partial charge in [0, 0.05) is 6.42 Å². The average molecular weight is 259 g/mol. The van der Waals surface area contributed by atoms with Gasteiger partial charge in [0.15, 0.2) is 0 Å². The second kappa shape index (κ2) is 5.05. The first-order valence-corrected chi connectivity index (χ1v) is 6.03. The van der Waals surface area contributed by atoms with Gasteiger partial charge in [-0.3, -0.25) is 4.79 Å². The maximum Gasteiger partial charge on any atom is 0.242 e. The van der Waals surface area contributed by atoms with E-state index in [1.165, 1.54) is 16.6 Å². The number of nitrogens with zero attached hydrogens (tertiary/aromatic N) is 4. The van der Waals surface area contributed by atoms with Gasteiger partial charge in [0.25, 0.3) is 0 Å². The molecule has 2 heterocycles. The molecule has 1 aliphatic rings. The molecule has 1 aliphatic heterocycles. The molecular weight excluding hydrogens is 246 g/mol. The Morgan fingerprint density at radius 3 is 3.16 bits per heavy atom. The van der Waals surface area contributed by atoms with E-state index in [0.29, 0.717) is 6.54 Å². The van der Waals surface area contributed by atoms with Crippen LogP contribution >= 0.6 is 0 Å². The van der Waals surface area contributed by atoms with Crippen LogP contribution in [0, 0.1) is 0 Å². The van der Waals surface area contributed by atoms with Gasteiger partial charge in [-0.15, -0.1) is 5.10 Å². The summed E-state index contributed by atoms with van der Waals surface area (Å²) in [6.45, 7) is 0.600. The molecule has 98 valence electrons. The summed E-state index contributed by atoms with van der Waals surface area (Å²) < 4.78 is 7.11. The van der Waals surface area contributed by atoms with Crippen LogP contribution < -0.4 is 10.1 Å². The molecule has 3 rings (SSSR count). The molecule has 1 atom stereocenters. The third-order valence-corrected chi connectivity index (χ3v) is 2.94. The number of hydrogen-bond acceptors (Lipinski definition) is 5. The van der Waals surface area contributed by atoms with E-state index in [9.17, 15) is 4.79 Å². The molecule has 19 heavy (non-hydrogen) atoms. The van der Waals surface area contributed by atoms with Gasteiger partial charge < -0.3 is 10.1 Å². The van der Waals surface area contributed by atoms with E-state index in [1.807, 2.05) is 24.3 Å². The number of hydrogen-bond donors (Lipinski definition) is 1. The van der Waals surface area contributed by atoms with Gasteiger partial charge in [-0.05, 0) is 22.1 Å². The lowest BCUT2D eigenvalue weighted by molar-refractivity contribution is -0.122. The van der Waals surface area contributed by atoms with Crippen molar-refractivity contribution in [3.63, 3.8) is 0 Å². The smallest absolute Gasteiger partial charge is 0.242 e. The minimum atomic E-state index is -0.133. The van der Waals surface area contributed by atoms with Gasteiger partial charge in [0.05, 0.1) is 6.54 Å². The van der Waals surface area contributed by atoms with Crippen LogP contribution in [-0.4, -0.2) is 38.8 Å². The van der Waals surface area contributed by atoms with Crippen LogP contribution in [0.2, 0.25) is 0 Å². The van der Waals surface area contributed by atoms with Crippen LogP contribution in [-0.2, 0) is 17.8 Å². The number of amides is 1. The van der Waals surface area contributed by atoms with E-state index in [1.54, 1.807) is 0 Å². The van der Waals surface area contributed by atoms with Crippen LogP contribution in [0.1, 0.15) is 5.56 Å². The van der Waals surface area contributed by atoms with Crippen molar-refractivity contribution in [2.45, 2.75) is 19.1 Å². The summed E-state index contributed by atoms with van der Waals surface area (Å²) in [7, 11) is 0. The molecule has 1 N–H and O–H groups in total. The quantitative estimate of drug-likeness (QED) is 0.821. The summed E-state index contributed by atoms with van der Waals surface area (Å²) in [5, 5.41) is 13.4. The number of aromatic nitrogens is 4. The highest BCUT2D eigenvalue weighted by atomic mass is 16.5. The first kappa shape index (κ1) is 11.6. The van der Waals surface area contributed by atoms with Crippen molar-refractivity contribution in [2.75, 3.05) is 6.54 Å². The monoisotopic (exact) mass is 259 g/mol. The average Bonchev–Trinajstić information content (AvgIpc) is 3.04. The van der Waals surface area contributed by atoms with E-state index in [-0.39, 0.29) is 18.6 Å². The number of tetrazole rings is 1.